The SMILES string of the molecule is NC(=O)[C@H]1CCCCN1c1cncc(N)c1. The molecule has 0 radical (unpaired) electrons. The van der Waals surface area contributed by atoms with Gasteiger partial charge in [-0.25, -0.2) is 0 Å². The minimum absolute atomic E-state index is 0.225. The van der Waals surface area contributed by atoms with Gasteiger partial charge < -0.3 is 16.4 Å². The summed E-state index contributed by atoms with van der Waals surface area (Å²) in [5.41, 5.74) is 12.6. The van der Waals surface area contributed by atoms with Crippen LogP contribution in [0.3, 0.4) is 0 Å². The molecule has 5 heteroatoms. The number of anilines is 2. The highest BCUT2D eigenvalue weighted by molar-refractivity contribution is 5.84. The third-order valence-electron chi connectivity index (χ3n) is 2.91. The van der Waals surface area contributed by atoms with Gasteiger partial charge in [0.05, 0.1) is 17.6 Å². The van der Waals surface area contributed by atoms with E-state index in [1.807, 2.05) is 11.0 Å². The molecule has 1 atom stereocenters. The second-order valence-corrected chi connectivity index (χ2v) is 4.08. The first-order valence-corrected chi connectivity index (χ1v) is 5.45. The van der Waals surface area contributed by atoms with Crippen LogP contribution in [-0.2, 0) is 4.79 Å². The molecule has 1 fully saturated rings. The minimum atomic E-state index is -0.276. The topological polar surface area (TPSA) is 85.2 Å². The quantitative estimate of drug-likeness (QED) is 0.760. The van der Waals surface area contributed by atoms with Crippen molar-refractivity contribution in [3.8, 4) is 0 Å². The Labute approximate surface area is 94.4 Å². The van der Waals surface area contributed by atoms with Crippen molar-refractivity contribution in [3.63, 3.8) is 0 Å². The molecule has 0 bridgehead atoms. The highest BCUT2D eigenvalue weighted by Gasteiger charge is 2.27. The van der Waals surface area contributed by atoms with E-state index in [1.165, 1.54) is 0 Å². The summed E-state index contributed by atoms with van der Waals surface area (Å²) in [6.07, 6.45) is 6.23. The van der Waals surface area contributed by atoms with Gasteiger partial charge in [-0.3, -0.25) is 9.78 Å². The Hall–Kier alpha value is -1.78. The number of nitrogens with zero attached hydrogens (tertiary/aromatic N) is 2. The number of carbonyl (C=O) groups excluding carboxylic acids is 1. The van der Waals surface area contributed by atoms with Crippen molar-refractivity contribution in [1.29, 1.82) is 0 Å². The fourth-order valence-corrected chi connectivity index (χ4v) is 2.14. The predicted molar refractivity (Wildman–Crippen MR) is 62.8 cm³/mol. The average molecular weight is 220 g/mol. The smallest absolute Gasteiger partial charge is 0.240 e. The summed E-state index contributed by atoms with van der Waals surface area (Å²) in [6, 6.07) is 1.60. The van der Waals surface area contributed by atoms with Gasteiger partial charge in [-0.1, -0.05) is 0 Å². The third-order valence-corrected chi connectivity index (χ3v) is 2.91. The summed E-state index contributed by atoms with van der Waals surface area (Å²) in [7, 11) is 0. The molecule has 2 rings (SSSR count). The molecule has 86 valence electrons. The van der Waals surface area contributed by atoms with Crippen molar-refractivity contribution >= 4 is 17.3 Å². The van der Waals surface area contributed by atoms with Gasteiger partial charge in [0.15, 0.2) is 0 Å². The van der Waals surface area contributed by atoms with E-state index >= 15 is 0 Å². The molecule has 0 spiro atoms. The fourth-order valence-electron chi connectivity index (χ4n) is 2.14. The lowest BCUT2D eigenvalue weighted by atomic mass is 10.0. The zero-order chi connectivity index (χ0) is 11.5. The maximum atomic E-state index is 11.4. The monoisotopic (exact) mass is 220 g/mol. The van der Waals surface area contributed by atoms with Crippen molar-refractivity contribution in [3.05, 3.63) is 18.5 Å². The summed E-state index contributed by atoms with van der Waals surface area (Å²) in [5, 5.41) is 0. The van der Waals surface area contributed by atoms with E-state index in [9.17, 15) is 4.79 Å². The molecule has 2 heterocycles. The zero-order valence-electron chi connectivity index (χ0n) is 9.10. The molecule has 4 N–H and O–H groups in total. The van der Waals surface area contributed by atoms with Gasteiger partial charge in [0.1, 0.15) is 6.04 Å². The number of aromatic nitrogens is 1. The Morgan fingerprint density at radius 2 is 2.25 bits per heavy atom. The van der Waals surface area contributed by atoms with Crippen molar-refractivity contribution in [2.24, 2.45) is 5.73 Å². The first-order chi connectivity index (χ1) is 7.68. The predicted octanol–water partition coefficient (Wildman–Crippen LogP) is 0.508. The van der Waals surface area contributed by atoms with E-state index in [0.717, 1.165) is 31.5 Å². The number of pyridine rings is 1. The Bertz CT molecular complexity index is 393. The van der Waals surface area contributed by atoms with Crippen LogP contribution in [0.2, 0.25) is 0 Å². The van der Waals surface area contributed by atoms with Gasteiger partial charge in [-0.05, 0) is 25.3 Å². The Morgan fingerprint density at radius 1 is 1.44 bits per heavy atom. The van der Waals surface area contributed by atoms with E-state index in [-0.39, 0.29) is 11.9 Å². The molecule has 0 aromatic carbocycles. The van der Waals surface area contributed by atoms with E-state index in [2.05, 4.69) is 4.98 Å². The molecule has 0 saturated carbocycles. The maximum absolute atomic E-state index is 11.4. The van der Waals surface area contributed by atoms with Crippen molar-refractivity contribution < 1.29 is 4.79 Å². The number of piperidine rings is 1. The van der Waals surface area contributed by atoms with Crippen LogP contribution in [0.5, 0.6) is 0 Å². The van der Waals surface area contributed by atoms with E-state index < -0.39 is 0 Å². The van der Waals surface area contributed by atoms with Crippen LogP contribution in [0.25, 0.3) is 0 Å². The molecule has 1 amide bonds. The lowest BCUT2D eigenvalue weighted by Gasteiger charge is -2.35. The molecular weight excluding hydrogens is 204 g/mol. The molecule has 1 aromatic heterocycles. The van der Waals surface area contributed by atoms with E-state index in [0.29, 0.717) is 5.69 Å². The molecule has 5 nitrogen and oxygen atoms in total. The molecule has 1 saturated heterocycles. The van der Waals surface area contributed by atoms with E-state index in [4.69, 9.17) is 11.5 Å². The number of nitrogen functional groups attached to an aromatic ring is 1. The summed E-state index contributed by atoms with van der Waals surface area (Å²) < 4.78 is 0. The Balaban J connectivity index is 2.26. The lowest BCUT2D eigenvalue weighted by Crippen LogP contribution is -2.47. The number of hydrogen-bond donors (Lipinski definition) is 2. The zero-order valence-corrected chi connectivity index (χ0v) is 9.10. The molecule has 1 aliphatic rings. The Morgan fingerprint density at radius 3 is 2.94 bits per heavy atom. The highest BCUT2D eigenvalue weighted by Crippen LogP contribution is 2.25. The van der Waals surface area contributed by atoms with Crippen LogP contribution in [-0.4, -0.2) is 23.5 Å². The molecule has 0 aliphatic carbocycles. The molecular formula is C11H16N4O. The molecule has 1 aromatic rings. The number of carbonyl (C=O) groups is 1. The summed E-state index contributed by atoms with van der Waals surface area (Å²) in [4.78, 5) is 17.4. The van der Waals surface area contributed by atoms with Crippen LogP contribution < -0.4 is 16.4 Å². The second kappa shape index (κ2) is 4.38. The normalized spacial score (nSPS) is 20.8. The summed E-state index contributed by atoms with van der Waals surface area (Å²) >= 11 is 0. The number of nitrogens with two attached hydrogens (primary N) is 2. The minimum Gasteiger partial charge on any atom is -0.397 e. The van der Waals surface area contributed by atoms with Gasteiger partial charge in [0.25, 0.3) is 0 Å². The Kier molecular flexibility index (Phi) is 2.94. The van der Waals surface area contributed by atoms with Crippen molar-refractivity contribution in [2.45, 2.75) is 25.3 Å². The van der Waals surface area contributed by atoms with E-state index in [1.54, 1.807) is 12.4 Å². The van der Waals surface area contributed by atoms with Crippen LogP contribution in [0.1, 0.15) is 19.3 Å². The van der Waals surface area contributed by atoms with Crippen molar-refractivity contribution in [2.75, 3.05) is 17.2 Å². The highest BCUT2D eigenvalue weighted by atomic mass is 16.1. The average Bonchev–Trinajstić information content (AvgIpc) is 2.29. The largest absolute Gasteiger partial charge is 0.397 e. The fraction of sp³-hybridized carbons (Fsp3) is 0.455. The van der Waals surface area contributed by atoms with Gasteiger partial charge in [0.2, 0.25) is 5.91 Å². The van der Waals surface area contributed by atoms with Gasteiger partial charge >= 0.3 is 0 Å². The number of primary amides is 1. The van der Waals surface area contributed by atoms with Gasteiger partial charge in [-0.2, -0.15) is 0 Å². The summed E-state index contributed by atoms with van der Waals surface area (Å²) in [6.45, 7) is 0.832. The van der Waals surface area contributed by atoms with Gasteiger partial charge in [0, 0.05) is 12.7 Å². The van der Waals surface area contributed by atoms with Crippen LogP contribution >= 0.6 is 0 Å². The number of hydrogen-bond acceptors (Lipinski definition) is 4. The number of rotatable bonds is 2. The molecule has 1 aliphatic heterocycles. The first kappa shape index (κ1) is 10.7. The molecule has 0 unspecified atom stereocenters. The van der Waals surface area contributed by atoms with Crippen LogP contribution in [0, 0.1) is 0 Å². The van der Waals surface area contributed by atoms with Gasteiger partial charge in [-0.15, -0.1) is 0 Å². The summed E-state index contributed by atoms with van der Waals surface area (Å²) in [5.74, 6) is -0.276. The van der Waals surface area contributed by atoms with Crippen LogP contribution in [0.15, 0.2) is 18.5 Å². The van der Waals surface area contributed by atoms with Crippen LogP contribution in [0.4, 0.5) is 11.4 Å². The molecule has 16 heavy (non-hydrogen) atoms. The lowest BCUT2D eigenvalue weighted by molar-refractivity contribution is -0.119. The second-order valence-electron chi connectivity index (χ2n) is 4.08. The first-order valence-electron chi connectivity index (χ1n) is 5.45. The standard InChI is InChI=1S/C11H16N4O/c12-8-5-9(7-14-6-8)15-4-2-1-3-10(15)11(13)16/h5-7,10H,1-4,12H2,(H2,13,16)/t10-/m1/s1. The van der Waals surface area contributed by atoms with Crippen molar-refractivity contribution in [1.82, 2.24) is 4.98 Å². The maximum Gasteiger partial charge on any atom is 0.240 e. The third kappa shape index (κ3) is 2.08. The number of amides is 1.